The first-order chi connectivity index (χ1) is 4.02. The highest BCUT2D eigenvalue weighted by atomic mass is 32.2. The summed E-state index contributed by atoms with van der Waals surface area (Å²) in [6.45, 7) is 9.32. The van der Waals surface area contributed by atoms with Gasteiger partial charge in [0.2, 0.25) is 0 Å². The van der Waals surface area contributed by atoms with Gasteiger partial charge in [0, 0.05) is 9.49 Å². The topological polar surface area (TPSA) is 0 Å². The Hall–Kier alpha value is 0.350. The molecular weight excluding hydrogens is 128 g/mol. The van der Waals surface area contributed by atoms with Crippen LogP contribution in [-0.4, -0.2) is 9.49 Å². The molecule has 0 amide bonds. The van der Waals surface area contributed by atoms with Crippen LogP contribution in [-0.2, 0) is 0 Å². The quantitative estimate of drug-likeness (QED) is 0.537. The fraction of sp³-hybridized carbons (Fsp3) is 1.00. The van der Waals surface area contributed by atoms with Gasteiger partial charge in [-0.05, 0) is 27.2 Å². The van der Waals surface area contributed by atoms with E-state index in [1.165, 1.54) is 12.8 Å². The second-order valence-corrected chi connectivity index (χ2v) is 5.72. The van der Waals surface area contributed by atoms with Gasteiger partial charge in [0.15, 0.2) is 0 Å². The van der Waals surface area contributed by atoms with Gasteiger partial charge < -0.3 is 0 Å². The van der Waals surface area contributed by atoms with Crippen LogP contribution < -0.4 is 0 Å². The molecule has 0 N–H and O–H groups in total. The maximum absolute atomic E-state index is 2.38. The molecule has 1 rings (SSSR count). The summed E-state index contributed by atoms with van der Waals surface area (Å²) < 4.78 is 1.19. The van der Waals surface area contributed by atoms with Crippen molar-refractivity contribution in [2.45, 2.75) is 50.0 Å². The number of rotatable bonds is 2. The monoisotopic (exact) mass is 144 g/mol. The Bertz CT molecular complexity index is 118. The van der Waals surface area contributed by atoms with Gasteiger partial charge in [-0.15, -0.1) is 11.8 Å². The molecule has 0 aromatic carbocycles. The lowest BCUT2D eigenvalue weighted by atomic mass is 9.94. The van der Waals surface area contributed by atoms with Crippen molar-refractivity contribution in [2.24, 2.45) is 0 Å². The van der Waals surface area contributed by atoms with Crippen molar-refractivity contribution in [1.29, 1.82) is 0 Å². The lowest BCUT2D eigenvalue weighted by Crippen LogP contribution is -2.15. The predicted octanol–water partition coefficient (Wildman–Crippen LogP) is 3.07. The zero-order chi connectivity index (χ0) is 7.12. The molecule has 0 bridgehead atoms. The van der Waals surface area contributed by atoms with Crippen molar-refractivity contribution in [3.8, 4) is 0 Å². The largest absolute Gasteiger partial charge is 0.146 e. The highest BCUT2D eigenvalue weighted by molar-refractivity contribution is 8.09. The van der Waals surface area contributed by atoms with Crippen LogP contribution in [0.5, 0.6) is 0 Å². The fourth-order valence-electron chi connectivity index (χ4n) is 1.37. The molecule has 1 aliphatic heterocycles. The first-order valence-corrected chi connectivity index (χ1v) is 4.54. The van der Waals surface area contributed by atoms with Gasteiger partial charge in [-0.25, -0.2) is 0 Å². The summed E-state index contributed by atoms with van der Waals surface area (Å²) in [6, 6.07) is 0. The molecule has 1 unspecified atom stereocenters. The Morgan fingerprint density at radius 1 is 1.22 bits per heavy atom. The van der Waals surface area contributed by atoms with Crippen molar-refractivity contribution in [3.63, 3.8) is 0 Å². The molecule has 0 radical (unpaired) electrons. The Morgan fingerprint density at radius 3 is 1.78 bits per heavy atom. The van der Waals surface area contributed by atoms with Gasteiger partial charge in [0.25, 0.3) is 0 Å². The van der Waals surface area contributed by atoms with E-state index in [1.807, 2.05) is 0 Å². The Balaban J connectivity index is 2.42. The fourth-order valence-corrected chi connectivity index (χ4v) is 2.85. The van der Waals surface area contributed by atoms with Crippen molar-refractivity contribution in [1.82, 2.24) is 0 Å². The molecule has 1 heteroatoms. The van der Waals surface area contributed by atoms with Gasteiger partial charge in [-0.2, -0.15) is 0 Å². The lowest BCUT2D eigenvalue weighted by molar-refractivity contribution is 0.553. The molecule has 0 spiro atoms. The van der Waals surface area contributed by atoms with Crippen molar-refractivity contribution in [3.05, 3.63) is 0 Å². The molecule has 1 aliphatic rings. The Kier molecular flexibility index (Phi) is 1.59. The molecule has 0 aliphatic carbocycles. The smallest absolute Gasteiger partial charge is 0.0279 e. The van der Waals surface area contributed by atoms with E-state index in [4.69, 9.17) is 0 Å². The van der Waals surface area contributed by atoms with E-state index in [0.29, 0.717) is 9.49 Å². The Morgan fingerprint density at radius 2 is 1.67 bits per heavy atom. The van der Waals surface area contributed by atoms with E-state index >= 15 is 0 Å². The summed E-state index contributed by atoms with van der Waals surface area (Å²) in [5.41, 5.74) is 0. The van der Waals surface area contributed by atoms with Crippen LogP contribution in [0.25, 0.3) is 0 Å². The SMILES string of the molecule is CCCC1(C)SC1(C)C. The van der Waals surface area contributed by atoms with Crippen LogP contribution >= 0.6 is 11.8 Å². The van der Waals surface area contributed by atoms with Crippen LogP contribution in [0.15, 0.2) is 0 Å². The summed E-state index contributed by atoms with van der Waals surface area (Å²) in [5, 5.41) is 0. The van der Waals surface area contributed by atoms with Crippen molar-refractivity contribution in [2.75, 3.05) is 0 Å². The predicted molar refractivity (Wildman–Crippen MR) is 45.0 cm³/mol. The average molecular weight is 144 g/mol. The number of hydrogen-bond acceptors (Lipinski definition) is 1. The molecule has 0 nitrogen and oxygen atoms in total. The molecule has 54 valence electrons. The van der Waals surface area contributed by atoms with E-state index in [2.05, 4.69) is 39.5 Å². The van der Waals surface area contributed by atoms with Gasteiger partial charge in [0.1, 0.15) is 0 Å². The number of hydrogen-bond donors (Lipinski definition) is 0. The zero-order valence-electron chi connectivity index (χ0n) is 6.82. The van der Waals surface area contributed by atoms with Crippen molar-refractivity contribution < 1.29 is 0 Å². The molecular formula is C8H16S. The third kappa shape index (κ3) is 1.12. The third-order valence-electron chi connectivity index (χ3n) is 2.44. The first-order valence-electron chi connectivity index (χ1n) is 3.72. The van der Waals surface area contributed by atoms with E-state index in [9.17, 15) is 0 Å². The summed E-state index contributed by atoms with van der Waals surface area (Å²) in [7, 11) is 0. The second kappa shape index (κ2) is 1.91. The highest BCUT2D eigenvalue weighted by Gasteiger charge is 2.57. The van der Waals surface area contributed by atoms with Crippen LogP contribution in [0.2, 0.25) is 0 Å². The third-order valence-corrected chi connectivity index (χ3v) is 4.36. The molecule has 1 fully saturated rings. The molecule has 1 heterocycles. The zero-order valence-corrected chi connectivity index (χ0v) is 7.64. The van der Waals surface area contributed by atoms with Gasteiger partial charge >= 0.3 is 0 Å². The highest BCUT2D eigenvalue weighted by Crippen LogP contribution is 2.65. The van der Waals surface area contributed by atoms with Gasteiger partial charge in [0.05, 0.1) is 0 Å². The molecule has 0 aromatic rings. The standard InChI is InChI=1S/C8H16S/c1-5-6-8(4)7(2,3)9-8/h5-6H2,1-4H3. The van der Waals surface area contributed by atoms with Gasteiger partial charge in [-0.1, -0.05) is 13.3 Å². The minimum atomic E-state index is 0.572. The molecule has 1 saturated heterocycles. The second-order valence-electron chi connectivity index (χ2n) is 3.59. The van der Waals surface area contributed by atoms with Crippen LogP contribution in [0.4, 0.5) is 0 Å². The van der Waals surface area contributed by atoms with Gasteiger partial charge in [-0.3, -0.25) is 0 Å². The summed E-state index contributed by atoms with van der Waals surface area (Å²) in [6.07, 6.45) is 2.71. The van der Waals surface area contributed by atoms with E-state index in [-0.39, 0.29) is 0 Å². The molecule has 0 saturated carbocycles. The average Bonchev–Trinajstić information content (AvgIpc) is 2.07. The summed E-state index contributed by atoms with van der Waals surface area (Å²) >= 11 is 2.12. The summed E-state index contributed by atoms with van der Waals surface area (Å²) in [5.74, 6) is 0. The minimum absolute atomic E-state index is 0.572. The van der Waals surface area contributed by atoms with E-state index < -0.39 is 0 Å². The van der Waals surface area contributed by atoms with Crippen LogP contribution in [0, 0.1) is 0 Å². The molecule has 9 heavy (non-hydrogen) atoms. The van der Waals surface area contributed by atoms with Crippen LogP contribution in [0.3, 0.4) is 0 Å². The Labute approximate surface area is 62.4 Å². The molecule has 1 atom stereocenters. The van der Waals surface area contributed by atoms with Crippen LogP contribution in [0.1, 0.15) is 40.5 Å². The maximum Gasteiger partial charge on any atom is 0.0279 e. The first kappa shape index (κ1) is 7.46. The molecule has 0 aromatic heterocycles. The lowest BCUT2D eigenvalue weighted by Gasteiger charge is -2.08. The van der Waals surface area contributed by atoms with E-state index in [0.717, 1.165) is 0 Å². The summed E-state index contributed by atoms with van der Waals surface area (Å²) in [4.78, 5) is 0. The number of thioether (sulfide) groups is 1. The minimum Gasteiger partial charge on any atom is -0.146 e. The van der Waals surface area contributed by atoms with Crippen molar-refractivity contribution >= 4 is 11.8 Å². The van der Waals surface area contributed by atoms with E-state index in [1.54, 1.807) is 0 Å². The maximum atomic E-state index is 2.38. The normalized spacial score (nSPS) is 38.7.